The van der Waals surface area contributed by atoms with Crippen LogP contribution in [0.3, 0.4) is 0 Å². The van der Waals surface area contributed by atoms with Crippen LogP contribution in [0.4, 0.5) is 5.69 Å². The van der Waals surface area contributed by atoms with Gasteiger partial charge in [0.2, 0.25) is 0 Å². The number of nitrogens with two attached hydrogens (primary N) is 1. The highest BCUT2D eigenvalue weighted by molar-refractivity contribution is 5.81. The summed E-state index contributed by atoms with van der Waals surface area (Å²) >= 11 is 0. The molecule has 92 valence electrons. The molecule has 0 aliphatic rings. The molecule has 1 heterocycles. The van der Waals surface area contributed by atoms with E-state index in [2.05, 4.69) is 32.7 Å². The number of nitrogen functional groups attached to an aromatic ring is 1. The van der Waals surface area contributed by atoms with Gasteiger partial charge in [0.05, 0.1) is 0 Å². The van der Waals surface area contributed by atoms with E-state index in [1.807, 2.05) is 12.1 Å². The highest BCUT2D eigenvalue weighted by Crippen LogP contribution is 2.29. The van der Waals surface area contributed by atoms with Crippen molar-refractivity contribution >= 4 is 16.8 Å². The average molecular weight is 232 g/mol. The maximum atomic E-state index is 5.89. The molecule has 17 heavy (non-hydrogen) atoms. The number of nitrogens with zero attached hydrogens (tertiary/aromatic N) is 1. The van der Waals surface area contributed by atoms with Crippen LogP contribution < -0.4 is 5.73 Å². The Balaban J connectivity index is 2.55. The molecule has 2 N–H and O–H groups in total. The monoisotopic (exact) mass is 232 g/mol. The van der Waals surface area contributed by atoms with Crippen LogP contribution in [0.25, 0.3) is 11.1 Å². The molecule has 0 saturated heterocycles. The Morgan fingerprint density at radius 1 is 1.24 bits per heavy atom. The lowest BCUT2D eigenvalue weighted by Crippen LogP contribution is -1.93. The Labute approximate surface area is 102 Å². The Kier molecular flexibility index (Phi) is 3.09. The fraction of sp³-hybridized carbons (Fsp3) is 0.500. The van der Waals surface area contributed by atoms with Gasteiger partial charge in [-0.3, -0.25) is 0 Å². The molecule has 0 saturated carbocycles. The molecular weight excluding hydrogens is 212 g/mol. The van der Waals surface area contributed by atoms with Crippen molar-refractivity contribution < 1.29 is 4.42 Å². The number of oxazole rings is 1. The first-order chi connectivity index (χ1) is 7.97. The van der Waals surface area contributed by atoms with E-state index in [1.54, 1.807) is 0 Å². The summed E-state index contributed by atoms with van der Waals surface area (Å²) in [5, 5.41) is 0. The van der Waals surface area contributed by atoms with Crippen LogP contribution >= 0.6 is 0 Å². The molecule has 0 atom stereocenters. The molecule has 2 aromatic rings. The van der Waals surface area contributed by atoms with Crippen LogP contribution in [-0.4, -0.2) is 4.98 Å². The number of hydrogen-bond acceptors (Lipinski definition) is 3. The molecule has 0 aliphatic heterocycles. The van der Waals surface area contributed by atoms with E-state index in [4.69, 9.17) is 10.2 Å². The molecule has 1 aromatic heterocycles. The van der Waals surface area contributed by atoms with Crippen molar-refractivity contribution in [3.63, 3.8) is 0 Å². The first kappa shape index (κ1) is 12.0. The molecule has 0 spiro atoms. The third-order valence-electron chi connectivity index (χ3n) is 2.79. The first-order valence-electron chi connectivity index (χ1n) is 6.16. The van der Waals surface area contributed by atoms with Gasteiger partial charge in [-0.05, 0) is 24.0 Å². The van der Waals surface area contributed by atoms with E-state index in [-0.39, 0.29) is 0 Å². The van der Waals surface area contributed by atoms with E-state index in [0.717, 1.165) is 34.7 Å². The molecule has 2 rings (SSSR count). The molecule has 0 aliphatic carbocycles. The number of hydrogen-bond donors (Lipinski definition) is 1. The third kappa shape index (κ3) is 2.43. The van der Waals surface area contributed by atoms with Crippen molar-refractivity contribution in [1.29, 1.82) is 0 Å². The van der Waals surface area contributed by atoms with Gasteiger partial charge in [-0.15, -0.1) is 0 Å². The summed E-state index contributed by atoms with van der Waals surface area (Å²) in [5.41, 5.74) is 9.56. The van der Waals surface area contributed by atoms with E-state index in [1.165, 1.54) is 0 Å². The van der Waals surface area contributed by atoms with Gasteiger partial charge in [0.15, 0.2) is 11.5 Å². The molecule has 3 heteroatoms. The molecule has 0 radical (unpaired) electrons. The fourth-order valence-corrected chi connectivity index (χ4v) is 1.99. The van der Waals surface area contributed by atoms with Gasteiger partial charge in [0.1, 0.15) is 5.52 Å². The lowest BCUT2D eigenvalue weighted by atomic mass is 10.0. The van der Waals surface area contributed by atoms with E-state index in [0.29, 0.717) is 11.8 Å². The normalized spacial score (nSPS) is 11.9. The lowest BCUT2D eigenvalue weighted by Gasteiger charge is -2.06. The summed E-state index contributed by atoms with van der Waals surface area (Å²) in [5.74, 6) is 1.74. The van der Waals surface area contributed by atoms with Gasteiger partial charge in [-0.25, -0.2) is 4.98 Å². The second-order valence-corrected chi connectivity index (χ2v) is 5.32. The summed E-state index contributed by atoms with van der Waals surface area (Å²) < 4.78 is 5.86. The van der Waals surface area contributed by atoms with Crippen molar-refractivity contribution in [3.8, 4) is 0 Å². The first-order valence-corrected chi connectivity index (χ1v) is 6.16. The minimum Gasteiger partial charge on any atom is -0.440 e. The fourth-order valence-electron chi connectivity index (χ4n) is 1.99. The summed E-state index contributed by atoms with van der Waals surface area (Å²) in [6.07, 6.45) is 0.867. The van der Waals surface area contributed by atoms with Crippen molar-refractivity contribution in [2.24, 2.45) is 5.92 Å². The number of benzene rings is 1. The smallest absolute Gasteiger partial charge is 0.195 e. The SMILES string of the molecule is CC(C)Cc1nc2cc(N)cc(C(C)C)c2o1. The summed E-state index contributed by atoms with van der Waals surface area (Å²) in [6, 6.07) is 3.87. The topological polar surface area (TPSA) is 52.0 Å². The van der Waals surface area contributed by atoms with Gasteiger partial charge in [-0.2, -0.15) is 0 Å². The maximum Gasteiger partial charge on any atom is 0.195 e. The predicted octanol–water partition coefficient (Wildman–Crippen LogP) is 3.73. The second kappa shape index (κ2) is 4.40. The van der Waals surface area contributed by atoms with Crippen LogP contribution in [0, 0.1) is 5.92 Å². The minimum absolute atomic E-state index is 0.390. The number of rotatable bonds is 3. The van der Waals surface area contributed by atoms with Crippen molar-refractivity contribution in [3.05, 3.63) is 23.6 Å². The van der Waals surface area contributed by atoms with E-state index >= 15 is 0 Å². The Morgan fingerprint density at radius 3 is 2.53 bits per heavy atom. The zero-order valence-electron chi connectivity index (χ0n) is 10.9. The molecule has 0 fully saturated rings. The van der Waals surface area contributed by atoms with Gasteiger partial charge < -0.3 is 10.2 Å². The molecular formula is C14H20N2O. The highest BCUT2D eigenvalue weighted by atomic mass is 16.3. The van der Waals surface area contributed by atoms with Crippen LogP contribution in [0.1, 0.15) is 45.1 Å². The summed E-state index contributed by atoms with van der Waals surface area (Å²) in [4.78, 5) is 4.51. The molecule has 1 aromatic carbocycles. The number of aromatic nitrogens is 1. The average Bonchev–Trinajstić information content (AvgIpc) is 2.56. The van der Waals surface area contributed by atoms with Crippen molar-refractivity contribution in [1.82, 2.24) is 4.98 Å². The second-order valence-electron chi connectivity index (χ2n) is 5.32. The van der Waals surface area contributed by atoms with Crippen molar-refractivity contribution in [2.75, 3.05) is 5.73 Å². The van der Waals surface area contributed by atoms with E-state index < -0.39 is 0 Å². The Morgan fingerprint density at radius 2 is 1.94 bits per heavy atom. The largest absolute Gasteiger partial charge is 0.440 e. The molecule has 0 bridgehead atoms. The zero-order valence-corrected chi connectivity index (χ0v) is 10.9. The Hall–Kier alpha value is -1.51. The van der Waals surface area contributed by atoms with E-state index in [9.17, 15) is 0 Å². The zero-order chi connectivity index (χ0) is 12.6. The van der Waals surface area contributed by atoms with Gasteiger partial charge in [0.25, 0.3) is 0 Å². The third-order valence-corrected chi connectivity index (χ3v) is 2.79. The van der Waals surface area contributed by atoms with Crippen molar-refractivity contribution in [2.45, 2.75) is 40.0 Å². The van der Waals surface area contributed by atoms with Crippen LogP contribution in [0.5, 0.6) is 0 Å². The number of anilines is 1. The van der Waals surface area contributed by atoms with Crippen LogP contribution in [0.15, 0.2) is 16.5 Å². The minimum atomic E-state index is 0.390. The summed E-state index contributed by atoms with van der Waals surface area (Å²) in [6.45, 7) is 8.59. The Bertz CT molecular complexity index is 526. The number of fused-ring (bicyclic) bond motifs is 1. The lowest BCUT2D eigenvalue weighted by molar-refractivity contribution is 0.480. The quantitative estimate of drug-likeness (QED) is 0.820. The van der Waals surface area contributed by atoms with Crippen LogP contribution in [-0.2, 0) is 6.42 Å². The predicted molar refractivity (Wildman–Crippen MR) is 71.1 cm³/mol. The summed E-state index contributed by atoms with van der Waals surface area (Å²) in [7, 11) is 0. The molecule has 0 amide bonds. The van der Waals surface area contributed by atoms with Crippen LogP contribution in [0.2, 0.25) is 0 Å². The molecule has 0 unspecified atom stereocenters. The standard InChI is InChI=1S/C14H20N2O/c1-8(2)5-13-16-12-7-10(15)6-11(9(3)4)14(12)17-13/h6-9H,5,15H2,1-4H3. The highest BCUT2D eigenvalue weighted by Gasteiger charge is 2.14. The maximum absolute atomic E-state index is 5.89. The van der Waals surface area contributed by atoms with Gasteiger partial charge in [-0.1, -0.05) is 27.7 Å². The molecule has 3 nitrogen and oxygen atoms in total. The van der Waals surface area contributed by atoms with Gasteiger partial charge >= 0.3 is 0 Å². The van der Waals surface area contributed by atoms with Gasteiger partial charge in [0, 0.05) is 17.7 Å².